The van der Waals surface area contributed by atoms with Gasteiger partial charge in [-0.25, -0.2) is 0 Å². The van der Waals surface area contributed by atoms with Gasteiger partial charge >= 0.3 is 0 Å². The maximum atomic E-state index is 6.44. The molecule has 0 spiro atoms. The van der Waals surface area contributed by atoms with Crippen LogP contribution in [-0.4, -0.2) is 0 Å². The number of hydrogen-bond acceptors (Lipinski definition) is 2. The van der Waals surface area contributed by atoms with Gasteiger partial charge in [0.15, 0.2) is 0 Å². The van der Waals surface area contributed by atoms with Gasteiger partial charge in [0.1, 0.15) is 0 Å². The molecule has 18 heavy (non-hydrogen) atoms. The summed E-state index contributed by atoms with van der Waals surface area (Å²) >= 11 is 6.05. The molecule has 1 aromatic carbocycles. The third kappa shape index (κ3) is 3.33. The molecule has 0 fully saturated rings. The Balaban J connectivity index is 3.35. The molecule has 1 aromatic rings. The van der Waals surface area contributed by atoms with E-state index < -0.39 is 5.54 Å². The van der Waals surface area contributed by atoms with Crippen molar-refractivity contribution in [2.24, 2.45) is 11.5 Å². The third-order valence-electron chi connectivity index (χ3n) is 2.81. The Morgan fingerprint density at radius 2 is 2.06 bits per heavy atom. The first-order valence-electron chi connectivity index (χ1n) is 5.76. The summed E-state index contributed by atoms with van der Waals surface area (Å²) in [6.45, 7) is 7.83. The van der Waals surface area contributed by atoms with Gasteiger partial charge < -0.3 is 11.5 Å². The molecule has 96 valence electrons. The van der Waals surface area contributed by atoms with Crippen LogP contribution in [0.2, 0.25) is 5.02 Å². The minimum atomic E-state index is -0.657. The van der Waals surface area contributed by atoms with E-state index >= 15 is 0 Å². The molecule has 1 atom stereocenters. The number of halogens is 1. The quantitative estimate of drug-likeness (QED) is 0.611. The van der Waals surface area contributed by atoms with Crippen molar-refractivity contribution in [1.82, 2.24) is 0 Å². The summed E-state index contributed by atoms with van der Waals surface area (Å²) in [5.41, 5.74) is 13.4. The van der Waals surface area contributed by atoms with E-state index in [2.05, 4.69) is 13.2 Å². The van der Waals surface area contributed by atoms with Gasteiger partial charge in [-0.3, -0.25) is 0 Å². The molecule has 0 saturated heterocycles. The largest absolute Gasteiger partial charge is 0.326 e. The van der Waals surface area contributed by atoms with Gasteiger partial charge in [-0.15, -0.1) is 6.58 Å². The fraction of sp³-hybridized carbons (Fsp3) is 0.200. The van der Waals surface area contributed by atoms with E-state index in [0.29, 0.717) is 18.0 Å². The highest BCUT2D eigenvalue weighted by molar-refractivity contribution is 6.30. The van der Waals surface area contributed by atoms with Gasteiger partial charge in [0.2, 0.25) is 0 Å². The molecular formula is C15H19ClN2. The Morgan fingerprint density at radius 3 is 2.61 bits per heavy atom. The van der Waals surface area contributed by atoms with Crippen molar-refractivity contribution in [3.8, 4) is 0 Å². The van der Waals surface area contributed by atoms with E-state index in [1.165, 1.54) is 0 Å². The first-order valence-corrected chi connectivity index (χ1v) is 6.14. The molecule has 0 aromatic heterocycles. The van der Waals surface area contributed by atoms with Crippen LogP contribution < -0.4 is 11.5 Å². The van der Waals surface area contributed by atoms with Gasteiger partial charge in [-0.2, -0.15) is 0 Å². The fourth-order valence-corrected chi connectivity index (χ4v) is 2.08. The van der Waals surface area contributed by atoms with Gasteiger partial charge in [0.25, 0.3) is 0 Å². The van der Waals surface area contributed by atoms with Crippen LogP contribution in [0.3, 0.4) is 0 Å². The SMILES string of the molecule is C=C/C=C/C(N)(CC=C)c1cc(Cl)ccc1CN. The van der Waals surface area contributed by atoms with Gasteiger partial charge in [0.05, 0.1) is 5.54 Å². The van der Waals surface area contributed by atoms with Gasteiger partial charge in [-0.05, 0) is 29.7 Å². The van der Waals surface area contributed by atoms with Crippen LogP contribution in [0.5, 0.6) is 0 Å². The highest BCUT2D eigenvalue weighted by Crippen LogP contribution is 2.30. The molecule has 0 amide bonds. The van der Waals surface area contributed by atoms with Crippen molar-refractivity contribution in [1.29, 1.82) is 0 Å². The van der Waals surface area contributed by atoms with Crippen LogP contribution in [0.25, 0.3) is 0 Å². The lowest BCUT2D eigenvalue weighted by molar-refractivity contribution is 0.564. The predicted octanol–water partition coefficient (Wildman–Crippen LogP) is 3.27. The van der Waals surface area contributed by atoms with Crippen molar-refractivity contribution >= 4 is 11.6 Å². The van der Waals surface area contributed by atoms with Crippen molar-refractivity contribution in [2.75, 3.05) is 0 Å². The summed E-state index contributed by atoms with van der Waals surface area (Å²) in [7, 11) is 0. The van der Waals surface area contributed by atoms with E-state index in [1.54, 1.807) is 12.2 Å². The van der Waals surface area contributed by atoms with Crippen LogP contribution in [0.15, 0.2) is 55.7 Å². The molecule has 0 aliphatic rings. The maximum Gasteiger partial charge on any atom is 0.0636 e. The minimum Gasteiger partial charge on any atom is -0.326 e. The number of allylic oxidation sites excluding steroid dienone is 2. The molecule has 0 radical (unpaired) electrons. The van der Waals surface area contributed by atoms with Crippen molar-refractivity contribution in [3.05, 3.63) is 71.8 Å². The van der Waals surface area contributed by atoms with Crippen LogP contribution in [0, 0.1) is 0 Å². The minimum absolute atomic E-state index is 0.421. The van der Waals surface area contributed by atoms with Crippen molar-refractivity contribution < 1.29 is 0 Å². The predicted molar refractivity (Wildman–Crippen MR) is 79.4 cm³/mol. The standard InChI is InChI=1S/C15H19ClN2/c1-3-5-9-15(18,8-4-2)14-10-13(16)7-6-12(14)11-17/h3-7,9-10H,1-2,8,11,17-18H2/b9-5+. The zero-order valence-electron chi connectivity index (χ0n) is 10.4. The number of rotatable bonds is 6. The summed E-state index contributed by atoms with van der Waals surface area (Å²) in [5, 5.41) is 0.646. The van der Waals surface area contributed by atoms with Gasteiger partial charge in [0, 0.05) is 11.6 Å². The summed E-state index contributed by atoms with van der Waals surface area (Å²) < 4.78 is 0. The summed E-state index contributed by atoms with van der Waals surface area (Å²) in [6.07, 6.45) is 7.80. The lowest BCUT2D eigenvalue weighted by atomic mass is 9.84. The molecule has 0 aliphatic heterocycles. The molecule has 0 saturated carbocycles. The van der Waals surface area contributed by atoms with Crippen molar-refractivity contribution in [2.45, 2.75) is 18.5 Å². The topological polar surface area (TPSA) is 52.0 Å². The smallest absolute Gasteiger partial charge is 0.0636 e. The highest BCUT2D eigenvalue weighted by Gasteiger charge is 2.25. The van der Waals surface area contributed by atoms with Crippen LogP contribution in [0.1, 0.15) is 17.5 Å². The lowest BCUT2D eigenvalue weighted by Gasteiger charge is -2.28. The second-order valence-corrected chi connectivity index (χ2v) is 4.57. The van der Waals surface area contributed by atoms with Crippen molar-refractivity contribution in [3.63, 3.8) is 0 Å². The van der Waals surface area contributed by atoms with E-state index in [1.807, 2.05) is 30.4 Å². The maximum absolute atomic E-state index is 6.44. The lowest BCUT2D eigenvalue weighted by Crippen LogP contribution is -2.35. The van der Waals surface area contributed by atoms with E-state index in [-0.39, 0.29) is 0 Å². The second-order valence-electron chi connectivity index (χ2n) is 4.13. The zero-order valence-corrected chi connectivity index (χ0v) is 11.2. The van der Waals surface area contributed by atoms with E-state index in [0.717, 1.165) is 11.1 Å². The molecular weight excluding hydrogens is 244 g/mol. The monoisotopic (exact) mass is 262 g/mol. The molecule has 3 heteroatoms. The molecule has 0 bridgehead atoms. The Labute approximate surface area is 114 Å². The highest BCUT2D eigenvalue weighted by atomic mass is 35.5. The average Bonchev–Trinajstić information content (AvgIpc) is 2.36. The molecule has 4 N–H and O–H groups in total. The van der Waals surface area contributed by atoms with Crippen LogP contribution in [-0.2, 0) is 12.1 Å². The molecule has 0 heterocycles. The zero-order chi connectivity index (χ0) is 13.6. The second kappa shape index (κ2) is 6.55. The number of benzene rings is 1. The van der Waals surface area contributed by atoms with E-state index in [4.69, 9.17) is 23.1 Å². The number of nitrogens with two attached hydrogens (primary N) is 2. The fourth-order valence-electron chi connectivity index (χ4n) is 1.91. The van der Waals surface area contributed by atoms with E-state index in [9.17, 15) is 0 Å². The molecule has 1 unspecified atom stereocenters. The summed E-state index contributed by atoms with van der Waals surface area (Å²) in [6, 6.07) is 5.59. The summed E-state index contributed by atoms with van der Waals surface area (Å²) in [4.78, 5) is 0. The molecule has 0 aliphatic carbocycles. The summed E-state index contributed by atoms with van der Waals surface area (Å²) in [5.74, 6) is 0. The normalized spacial score (nSPS) is 14.4. The molecule has 1 rings (SSSR count). The van der Waals surface area contributed by atoms with Gasteiger partial charge in [-0.1, -0.05) is 48.6 Å². The molecule has 2 nitrogen and oxygen atoms in total. The third-order valence-corrected chi connectivity index (χ3v) is 3.04. The first-order chi connectivity index (χ1) is 8.57. The Kier molecular flexibility index (Phi) is 5.35. The van der Waals surface area contributed by atoms with Crippen LogP contribution in [0.4, 0.5) is 0 Å². The Hall–Kier alpha value is -1.35. The first kappa shape index (κ1) is 14.7. The Bertz CT molecular complexity index is 466. The average molecular weight is 263 g/mol. The number of hydrogen-bond donors (Lipinski definition) is 2. The van der Waals surface area contributed by atoms with Crippen LogP contribution >= 0.6 is 11.6 Å². The Morgan fingerprint density at radius 1 is 1.33 bits per heavy atom.